The van der Waals surface area contributed by atoms with Crippen molar-refractivity contribution in [3.8, 4) is 0 Å². The van der Waals surface area contributed by atoms with Crippen molar-refractivity contribution in [2.24, 2.45) is 5.92 Å². The molecular formula is C30H54O4. The molecule has 4 nitrogen and oxygen atoms in total. The molecule has 0 fully saturated rings. The Balaban J connectivity index is 3.42. The van der Waals surface area contributed by atoms with E-state index in [1.165, 1.54) is 102 Å². The standard InChI is InChI=1S/C30H54O4/c1-3-5-6-7-8-9-10-11-12-13-14-15-16-17-18-19-20-21-22-23-24-25-28(30(32)33)27-29(31)34-26-4-2/h4,17-18,28H,2-3,5-16,19-27H2,1H3,(H,32,33)/b18-17+. The number of allylic oxidation sites excluding steroid dienone is 2. The number of aliphatic carboxylic acids is 1. The Labute approximate surface area is 210 Å². The zero-order chi connectivity index (χ0) is 25.1. The van der Waals surface area contributed by atoms with Gasteiger partial charge in [-0.25, -0.2) is 0 Å². The number of carbonyl (C=O) groups is 2. The highest BCUT2D eigenvalue weighted by Crippen LogP contribution is 2.17. The molecule has 0 amide bonds. The Bertz CT molecular complexity index is 512. The van der Waals surface area contributed by atoms with E-state index < -0.39 is 17.9 Å². The van der Waals surface area contributed by atoms with Crippen LogP contribution in [0.2, 0.25) is 0 Å². The van der Waals surface area contributed by atoms with Crippen molar-refractivity contribution in [1.82, 2.24) is 0 Å². The van der Waals surface area contributed by atoms with E-state index in [-0.39, 0.29) is 13.0 Å². The first-order valence-corrected chi connectivity index (χ1v) is 14.3. The van der Waals surface area contributed by atoms with Crippen molar-refractivity contribution in [3.05, 3.63) is 24.8 Å². The van der Waals surface area contributed by atoms with Crippen molar-refractivity contribution < 1.29 is 19.4 Å². The summed E-state index contributed by atoms with van der Waals surface area (Å²) in [6.07, 6.45) is 31.2. The maximum atomic E-state index is 11.6. The van der Waals surface area contributed by atoms with E-state index in [4.69, 9.17) is 4.74 Å². The van der Waals surface area contributed by atoms with Crippen molar-refractivity contribution in [1.29, 1.82) is 0 Å². The van der Waals surface area contributed by atoms with Crippen LogP contribution in [0.25, 0.3) is 0 Å². The molecule has 0 saturated heterocycles. The molecule has 198 valence electrons. The minimum absolute atomic E-state index is 0.0485. The lowest BCUT2D eigenvalue weighted by molar-refractivity contribution is -0.151. The Morgan fingerprint density at radius 2 is 1.18 bits per heavy atom. The number of carboxylic acids is 1. The second-order valence-electron chi connectivity index (χ2n) is 9.71. The first-order chi connectivity index (χ1) is 16.6. The molecule has 0 aliphatic heterocycles. The molecule has 0 aliphatic rings. The van der Waals surface area contributed by atoms with Gasteiger partial charge in [-0.15, -0.1) is 0 Å². The van der Waals surface area contributed by atoms with E-state index in [9.17, 15) is 14.7 Å². The number of unbranched alkanes of at least 4 members (excludes halogenated alkanes) is 17. The second kappa shape index (κ2) is 26.0. The minimum atomic E-state index is -0.908. The highest BCUT2D eigenvalue weighted by Gasteiger charge is 2.21. The van der Waals surface area contributed by atoms with Crippen LogP contribution in [0.15, 0.2) is 24.8 Å². The van der Waals surface area contributed by atoms with Gasteiger partial charge in [0.05, 0.1) is 12.3 Å². The number of ether oxygens (including phenoxy) is 1. The molecular weight excluding hydrogens is 424 g/mol. The van der Waals surface area contributed by atoms with Gasteiger partial charge in [0.15, 0.2) is 0 Å². The summed E-state index contributed by atoms with van der Waals surface area (Å²) < 4.78 is 4.89. The summed E-state index contributed by atoms with van der Waals surface area (Å²) in [4.78, 5) is 22.9. The first kappa shape index (κ1) is 32.4. The molecule has 0 aromatic rings. The molecule has 0 rings (SSSR count). The highest BCUT2D eigenvalue weighted by molar-refractivity contribution is 5.78. The van der Waals surface area contributed by atoms with E-state index in [0.29, 0.717) is 6.42 Å². The number of esters is 1. The fourth-order valence-corrected chi connectivity index (χ4v) is 4.25. The van der Waals surface area contributed by atoms with E-state index in [1.54, 1.807) is 0 Å². The fraction of sp³-hybridized carbons (Fsp3) is 0.800. The minimum Gasteiger partial charge on any atom is -0.481 e. The summed E-state index contributed by atoms with van der Waals surface area (Å²) in [5.41, 5.74) is 0. The maximum Gasteiger partial charge on any atom is 0.307 e. The smallest absolute Gasteiger partial charge is 0.307 e. The van der Waals surface area contributed by atoms with Crippen molar-refractivity contribution in [3.63, 3.8) is 0 Å². The molecule has 1 atom stereocenters. The molecule has 0 saturated carbocycles. The molecule has 1 N–H and O–H groups in total. The summed E-state index contributed by atoms with van der Waals surface area (Å²) in [6.45, 7) is 5.90. The van der Waals surface area contributed by atoms with Crippen LogP contribution in [0.1, 0.15) is 142 Å². The third-order valence-corrected chi connectivity index (χ3v) is 6.44. The summed E-state index contributed by atoms with van der Waals surface area (Å²) in [6, 6.07) is 0. The second-order valence-corrected chi connectivity index (χ2v) is 9.71. The van der Waals surface area contributed by atoms with Crippen molar-refractivity contribution in [2.75, 3.05) is 6.61 Å². The quantitative estimate of drug-likeness (QED) is 0.0764. The van der Waals surface area contributed by atoms with Crippen LogP contribution in [0.4, 0.5) is 0 Å². The SMILES string of the molecule is C=CCOC(=O)CC(CCCCCCC/C=C/CCCCCCCCCCCCCC)C(=O)O. The van der Waals surface area contributed by atoms with Crippen molar-refractivity contribution >= 4 is 11.9 Å². The van der Waals surface area contributed by atoms with Gasteiger partial charge in [0, 0.05) is 0 Å². The predicted molar refractivity (Wildman–Crippen MR) is 144 cm³/mol. The zero-order valence-electron chi connectivity index (χ0n) is 22.2. The van der Waals surface area contributed by atoms with Crippen LogP contribution in [0.5, 0.6) is 0 Å². The number of rotatable bonds is 26. The largest absolute Gasteiger partial charge is 0.481 e. The van der Waals surface area contributed by atoms with Crippen molar-refractivity contribution in [2.45, 2.75) is 142 Å². The third kappa shape index (κ3) is 23.6. The van der Waals surface area contributed by atoms with Crippen LogP contribution in [-0.2, 0) is 14.3 Å². The fourth-order valence-electron chi connectivity index (χ4n) is 4.25. The Hall–Kier alpha value is -1.58. The summed E-state index contributed by atoms with van der Waals surface area (Å²) >= 11 is 0. The average Bonchev–Trinajstić information content (AvgIpc) is 2.82. The van der Waals surface area contributed by atoms with E-state index in [1.807, 2.05) is 0 Å². The van der Waals surface area contributed by atoms with Gasteiger partial charge in [-0.1, -0.05) is 128 Å². The number of carbonyl (C=O) groups excluding carboxylic acids is 1. The maximum absolute atomic E-state index is 11.6. The molecule has 0 aromatic carbocycles. The summed E-state index contributed by atoms with van der Waals surface area (Å²) in [7, 11) is 0. The van der Waals surface area contributed by atoms with Crippen LogP contribution in [0, 0.1) is 5.92 Å². The van der Waals surface area contributed by atoms with E-state index in [2.05, 4.69) is 25.7 Å². The lowest BCUT2D eigenvalue weighted by Crippen LogP contribution is -2.19. The molecule has 0 heterocycles. The number of hydrogen-bond donors (Lipinski definition) is 1. The van der Waals surface area contributed by atoms with Gasteiger partial charge in [-0.05, 0) is 32.1 Å². The zero-order valence-corrected chi connectivity index (χ0v) is 22.2. The monoisotopic (exact) mass is 478 g/mol. The normalized spacial score (nSPS) is 12.1. The first-order valence-electron chi connectivity index (χ1n) is 14.3. The molecule has 0 bridgehead atoms. The Morgan fingerprint density at radius 3 is 1.62 bits per heavy atom. The molecule has 0 radical (unpaired) electrons. The van der Waals surface area contributed by atoms with Gasteiger partial charge in [0.25, 0.3) is 0 Å². The Morgan fingerprint density at radius 1 is 0.735 bits per heavy atom. The number of hydrogen-bond acceptors (Lipinski definition) is 3. The molecule has 4 heteroatoms. The molecule has 0 aliphatic carbocycles. The molecule has 0 spiro atoms. The summed E-state index contributed by atoms with van der Waals surface area (Å²) in [5.74, 6) is -2.00. The highest BCUT2D eigenvalue weighted by atomic mass is 16.5. The lowest BCUT2D eigenvalue weighted by Gasteiger charge is -2.11. The topological polar surface area (TPSA) is 63.6 Å². The van der Waals surface area contributed by atoms with Gasteiger partial charge < -0.3 is 9.84 Å². The van der Waals surface area contributed by atoms with Gasteiger partial charge in [-0.2, -0.15) is 0 Å². The van der Waals surface area contributed by atoms with E-state index in [0.717, 1.165) is 25.7 Å². The average molecular weight is 479 g/mol. The van der Waals surface area contributed by atoms with Crippen LogP contribution < -0.4 is 0 Å². The van der Waals surface area contributed by atoms with Crippen LogP contribution in [-0.4, -0.2) is 23.7 Å². The molecule has 0 aromatic heterocycles. The Kier molecular flexibility index (Phi) is 24.8. The third-order valence-electron chi connectivity index (χ3n) is 6.44. The molecule has 34 heavy (non-hydrogen) atoms. The van der Waals surface area contributed by atoms with Gasteiger partial charge in [-0.3, -0.25) is 9.59 Å². The van der Waals surface area contributed by atoms with Gasteiger partial charge >= 0.3 is 11.9 Å². The van der Waals surface area contributed by atoms with Gasteiger partial charge in [0.2, 0.25) is 0 Å². The summed E-state index contributed by atoms with van der Waals surface area (Å²) in [5, 5.41) is 9.28. The van der Waals surface area contributed by atoms with E-state index >= 15 is 0 Å². The molecule has 1 unspecified atom stereocenters. The number of carboxylic acid groups (broad SMARTS) is 1. The lowest BCUT2D eigenvalue weighted by atomic mass is 9.97. The predicted octanol–water partition coefficient (Wildman–Crippen LogP) is 9.18. The van der Waals surface area contributed by atoms with Gasteiger partial charge in [0.1, 0.15) is 6.61 Å². The van der Waals surface area contributed by atoms with Crippen LogP contribution in [0.3, 0.4) is 0 Å². The van der Waals surface area contributed by atoms with Crippen LogP contribution >= 0.6 is 0 Å².